The van der Waals surface area contributed by atoms with Crippen LogP contribution in [0.1, 0.15) is 0 Å². The quantitative estimate of drug-likeness (QED) is 0.353. The molecule has 0 saturated heterocycles. The highest BCUT2D eigenvalue weighted by Crippen LogP contribution is 1.50. The molecule has 4 N–H and O–H groups in total. The van der Waals surface area contributed by atoms with Gasteiger partial charge in [0.25, 0.3) is 0 Å². The highest BCUT2D eigenvalue weighted by Gasteiger charge is 1.80. The third kappa shape index (κ3) is 4.14. The number of rotatable bonds is 1. The number of hydrogen-bond donors (Lipinski definition) is 2. The minimum atomic E-state index is 0.301. The van der Waals surface area contributed by atoms with Gasteiger partial charge in [-0.25, -0.2) is 0 Å². The van der Waals surface area contributed by atoms with E-state index < -0.39 is 0 Å². The van der Waals surface area contributed by atoms with Crippen LogP contribution < -0.4 is 11.5 Å². The van der Waals surface area contributed by atoms with E-state index in [-0.39, 0.29) is 0 Å². The van der Waals surface area contributed by atoms with Crippen molar-refractivity contribution in [2.45, 2.75) is 5.67 Å². The summed E-state index contributed by atoms with van der Waals surface area (Å²) in [5.74, 6) is 0. The average Bonchev–Trinajstić information content (AvgIpc) is 1.38. The Morgan fingerprint density at radius 3 is 2.00 bits per heavy atom. The van der Waals surface area contributed by atoms with E-state index in [9.17, 15) is 0 Å². The van der Waals surface area contributed by atoms with Crippen molar-refractivity contribution in [3.05, 3.63) is 0 Å². The monoisotopic (exact) mass is 90.1 g/mol. The van der Waals surface area contributed by atoms with Crippen molar-refractivity contribution in [2.24, 2.45) is 11.5 Å². The van der Waals surface area contributed by atoms with Crippen LogP contribution in [0.3, 0.4) is 0 Å². The van der Waals surface area contributed by atoms with E-state index in [1.807, 2.05) is 0 Å². The molecule has 0 aromatic rings. The first kappa shape index (κ1) is 5.14. The normalized spacial score (nSPS) is 15.6. The molecule has 0 aliphatic heterocycles. The molecule has 0 aromatic carbocycles. The largest absolute Gasteiger partial charge is 0.330 e. The third-order valence-corrected chi connectivity index (χ3v) is 0.843. The number of nitrogens with two attached hydrogens (primary N) is 2. The van der Waals surface area contributed by atoms with E-state index in [2.05, 4.69) is 0 Å². The summed E-state index contributed by atoms with van der Waals surface area (Å²) in [7, 11) is 1.02. The van der Waals surface area contributed by atoms with Crippen molar-refractivity contribution in [1.29, 1.82) is 0 Å². The molecule has 2 nitrogen and oxygen atoms in total. The maximum absolute atomic E-state index is 5.23. The van der Waals surface area contributed by atoms with Crippen LogP contribution in [0.25, 0.3) is 0 Å². The van der Waals surface area contributed by atoms with Crippen LogP contribution in [0.5, 0.6) is 0 Å². The zero-order chi connectivity index (χ0) is 4.28. The lowest BCUT2D eigenvalue weighted by molar-refractivity contribution is 0.900. The van der Waals surface area contributed by atoms with Gasteiger partial charge in [-0.3, -0.25) is 0 Å². The molecule has 32 valence electrons. The highest BCUT2D eigenvalue weighted by atomic mass is 28.1. The van der Waals surface area contributed by atoms with Crippen molar-refractivity contribution in [1.82, 2.24) is 0 Å². The molecule has 0 aromatic heterocycles. The molecule has 0 saturated carbocycles. The summed E-state index contributed by atoms with van der Waals surface area (Å²) >= 11 is 0. The smallest absolute Gasteiger partial charge is 0.0254 e. The summed E-state index contributed by atoms with van der Waals surface area (Å²) in [6.45, 7) is 0.645. The Kier molecular flexibility index (Phi) is 2.44. The maximum Gasteiger partial charge on any atom is 0.0254 e. The molecule has 0 bridgehead atoms. The lowest BCUT2D eigenvalue weighted by atomic mass is 10.7. The molecule has 0 spiro atoms. The van der Waals surface area contributed by atoms with E-state index >= 15 is 0 Å². The van der Waals surface area contributed by atoms with Crippen LogP contribution in [0.15, 0.2) is 0 Å². The van der Waals surface area contributed by atoms with Crippen molar-refractivity contribution in [3.63, 3.8) is 0 Å². The summed E-state index contributed by atoms with van der Waals surface area (Å²) in [6, 6.07) is 0. The van der Waals surface area contributed by atoms with Crippen molar-refractivity contribution in [2.75, 3.05) is 6.54 Å². The van der Waals surface area contributed by atoms with Gasteiger partial charge in [0.05, 0.1) is 0 Å². The summed E-state index contributed by atoms with van der Waals surface area (Å²) in [5.41, 5.74) is 10.6. The van der Waals surface area contributed by atoms with Gasteiger partial charge in [0.15, 0.2) is 0 Å². The molecule has 1 atom stereocenters. The summed E-state index contributed by atoms with van der Waals surface area (Å²) < 4.78 is 0. The van der Waals surface area contributed by atoms with Gasteiger partial charge in [0, 0.05) is 16.8 Å². The Morgan fingerprint density at radius 1 is 1.80 bits per heavy atom. The molecular formula is C2H10N2Si. The second kappa shape index (κ2) is 2.38. The van der Waals surface area contributed by atoms with Crippen LogP contribution in [0, 0.1) is 0 Å². The molecule has 0 aliphatic rings. The summed E-state index contributed by atoms with van der Waals surface area (Å²) in [6.07, 6.45) is 0. The standard InChI is InChI=1S/C2H10N2Si/c3-1-2(4)5/h2H,1,3-4H2,5H3. The fraction of sp³-hybridized carbons (Fsp3) is 1.00. The first-order chi connectivity index (χ1) is 2.27. The molecule has 0 amide bonds. The molecule has 1 unspecified atom stereocenters. The minimum Gasteiger partial charge on any atom is -0.330 e. The van der Waals surface area contributed by atoms with E-state index in [1.165, 1.54) is 0 Å². The molecule has 0 rings (SSSR count). The molecule has 0 aliphatic carbocycles. The second-order valence-electron chi connectivity index (χ2n) is 1.21. The van der Waals surface area contributed by atoms with E-state index in [0.29, 0.717) is 12.2 Å². The SMILES string of the molecule is NCC(N)[SiH3]. The lowest BCUT2D eigenvalue weighted by Crippen LogP contribution is -2.29. The number of hydrogen-bond acceptors (Lipinski definition) is 2. The van der Waals surface area contributed by atoms with Crippen LogP contribution >= 0.6 is 0 Å². The van der Waals surface area contributed by atoms with Crippen molar-refractivity contribution in [3.8, 4) is 0 Å². The Hall–Kier alpha value is 0.137. The zero-order valence-corrected chi connectivity index (χ0v) is 5.44. The lowest BCUT2D eigenvalue weighted by Gasteiger charge is -1.92. The van der Waals surface area contributed by atoms with Crippen LogP contribution in [0.4, 0.5) is 0 Å². The molecular weight excluding hydrogens is 80.1 g/mol. The highest BCUT2D eigenvalue weighted by molar-refractivity contribution is 6.11. The summed E-state index contributed by atoms with van der Waals surface area (Å²) in [5, 5.41) is 0. The molecule has 3 heteroatoms. The summed E-state index contributed by atoms with van der Waals surface area (Å²) in [4.78, 5) is 0. The Bertz CT molecular complexity index is 21.6. The van der Waals surface area contributed by atoms with Gasteiger partial charge in [-0.15, -0.1) is 0 Å². The van der Waals surface area contributed by atoms with Crippen molar-refractivity contribution >= 4 is 10.2 Å². The van der Waals surface area contributed by atoms with Gasteiger partial charge in [0.1, 0.15) is 0 Å². The maximum atomic E-state index is 5.23. The van der Waals surface area contributed by atoms with Crippen LogP contribution in [-0.2, 0) is 0 Å². The van der Waals surface area contributed by atoms with Gasteiger partial charge in [-0.2, -0.15) is 0 Å². The minimum absolute atomic E-state index is 0.301. The van der Waals surface area contributed by atoms with E-state index in [1.54, 1.807) is 0 Å². The topological polar surface area (TPSA) is 52.0 Å². The first-order valence-electron chi connectivity index (χ1n) is 1.73. The van der Waals surface area contributed by atoms with Gasteiger partial charge in [-0.05, 0) is 5.67 Å². The molecule has 5 heavy (non-hydrogen) atoms. The van der Waals surface area contributed by atoms with Gasteiger partial charge < -0.3 is 11.5 Å². The fourth-order valence-electron chi connectivity index (χ4n) is 0. The third-order valence-electron chi connectivity index (χ3n) is 0.372. The first-order valence-corrected chi connectivity index (χ1v) is 2.88. The van der Waals surface area contributed by atoms with Crippen LogP contribution in [-0.4, -0.2) is 22.5 Å². The second-order valence-corrected chi connectivity index (χ2v) is 2.70. The van der Waals surface area contributed by atoms with Gasteiger partial charge in [-0.1, -0.05) is 0 Å². The predicted octanol–water partition coefficient (Wildman–Crippen LogP) is -2.40. The van der Waals surface area contributed by atoms with E-state index in [0.717, 1.165) is 10.2 Å². The van der Waals surface area contributed by atoms with Gasteiger partial charge in [0.2, 0.25) is 0 Å². The average molecular weight is 90.2 g/mol. The van der Waals surface area contributed by atoms with E-state index in [4.69, 9.17) is 11.5 Å². The van der Waals surface area contributed by atoms with Gasteiger partial charge >= 0.3 is 0 Å². The van der Waals surface area contributed by atoms with Crippen LogP contribution in [0.2, 0.25) is 0 Å². The Balaban J connectivity index is 2.54. The fourth-order valence-corrected chi connectivity index (χ4v) is 0. The molecule has 0 radical (unpaired) electrons. The molecule has 0 heterocycles. The Morgan fingerprint density at radius 2 is 2.00 bits per heavy atom. The molecule has 0 fully saturated rings. The Labute approximate surface area is 35.0 Å². The van der Waals surface area contributed by atoms with Crippen molar-refractivity contribution < 1.29 is 0 Å². The zero-order valence-electron chi connectivity index (χ0n) is 3.44. The predicted molar refractivity (Wildman–Crippen MR) is 27.0 cm³/mol.